The molecular formula is C70H68N2S2. The summed E-state index contributed by atoms with van der Waals surface area (Å²) in [4.78, 5) is 7.72. The first kappa shape index (κ1) is 49.2. The van der Waals surface area contributed by atoms with Gasteiger partial charge in [0.1, 0.15) is 0 Å². The number of fused-ring (bicyclic) bond motifs is 4. The van der Waals surface area contributed by atoms with E-state index in [0.29, 0.717) is 0 Å². The maximum Gasteiger partial charge on any atom is 0.0462 e. The minimum atomic E-state index is 1.14. The summed E-state index contributed by atoms with van der Waals surface area (Å²) in [5.74, 6) is 0. The van der Waals surface area contributed by atoms with Crippen LogP contribution in [0, 0.1) is 0 Å². The molecule has 0 spiro atoms. The molecular weight excluding hydrogens is 933 g/mol. The fourth-order valence-electron chi connectivity index (χ4n) is 11.2. The lowest BCUT2D eigenvalue weighted by atomic mass is 9.85. The molecule has 370 valence electrons. The van der Waals surface area contributed by atoms with Crippen molar-refractivity contribution in [1.29, 1.82) is 0 Å². The summed E-state index contributed by atoms with van der Waals surface area (Å²) in [7, 11) is 0. The van der Waals surface area contributed by atoms with E-state index >= 15 is 0 Å². The molecule has 2 nitrogen and oxygen atoms in total. The Morgan fingerprint density at radius 1 is 0.297 bits per heavy atom. The summed E-state index contributed by atoms with van der Waals surface area (Å²) in [6.45, 7) is 4.61. The van der Waals surface area contributed by atoms with Crippen LogP contribution in [-0.2, 0) is 12.8 Å². The zero-order valence-electron chi connectivity index (χ0n) is 43.2. The number of thiophene rings is 2. The summed E-state index contributed by atoms with van der Waals surface area (Å²) in [6, 6.07) is 77.1. The van der Waals surface area contributed by atoms with Gasteiger partial charge in [0.05, 0.1) is 0 Å². The highest BCUT2D eigenvalue weighted by Gasteiger charge is 2.22. The van der Waals surface area contributed by atoms with E-state index in [9.17, 15) is 0 Å². The van der Waals surface area contributed by atoms with Gasteiger partial charge in [0.2, 0.25) is 0 Å². The van der Waals surface area contributed by atoms with E-state index in [-0.39, 0.29) is 0 Å². The summed E-state index contributed by atoms with van der Waals surface area (Å²) >= 11 is 4.01. The minimum absolute atomic E-state index is 1.14. The van der Waals surface area contributed by atoms with E-state index in [2.05, 4.69) is 230 Å². The van der Waals surface area contributed by atoms with Crippen LogP contribution < -0.4 is 9.80 Å². The number of unbranched alkanes of at least 4 members (excludes halogenated alkanes) is 10. The van der Waals surface area contributed by atoms with Crippen LogP contribution in [0.1, 0.15) is 101 Å². The Kier molecular flexibility index (Phi) is 15.6. The van der Waals surface area contributed by atoms with Crippen LogP contribution in [0.5, 0.6) is 0 Å². The smallest absolute Gasteiger partial charge is 0.0462 e. The first-order valence-corrected chi connectivity index (χ1v) is 29.2. The first-order valence-electron chi connectivity index (χ1n) is 27.5. The quantitative estimate of drug-likeness (QED) is 0.0493. The molecule has 9 aromatic carbocycles. The summed E-state index contributed by atoms with van der Waals surface area (Å²) in [5.41, 5.74) is 11.9. The highest BCUT2D eigenvalue weighted by Crippen LogP contribution is 2.49. The van der Waals surface area contributed by atoms with Crippen LogP contribution in [-0.4, -0.2) is 0 Å². The number of nitrogens with zero attached hydrogens (tertiary/aromatic N) is 2. The molecule has 0 aliphatic carbocycles. The van der Waals surface area contributed by atoms with Crippen molar-refractivity contribution in [3.63, 3.8) is 0 Å². The van der Waals surface area contributed by atoms with Crippen molar-refractivity contribution in [3.8, 4) is 22.3 Å². The summed E-state index contributed by atoms with van der Waals surface area (Å²) < 4.78 is 2.74. The third-order valence-corrected chi connectivity index (χ3v) is 17.2. The average Bonchev–Trinajstić information content (AvgIpc) is 4.05. The Labute approximate surface area is 447 Å². The van der Waals surface area contributed by atoms with Crippen LogP contribution in [0.25, 0.3) is 64.0 Å². The number of rotatable bonds is 22. The Morgan fingerprint density at radius 2 is 0.595 bits per heavy atom. The molecule has 11 rings (SSSR count). The lowest BCUT2D eigenvalue weighted by Gasteiger charge is -2.26. The number of hydrogen-bond acceptors (Lipinski definition) is 4. The lowest BCUT2D eigenvalue weighted by molar-refractivity contribution is 0.609. The number of benzene rings is 9. The van der Waals surface area contributed by atoms with E-state index in [0.717, 1.165) is 47.0 Å². The van der Waals surface area contributed by atoms with Crippen molar-refractivity contribution in [1.82, 2.24) is 0 Å². The summed E-state index contributed by atoms with van der Waals surface area (Å²) in [6.07, 6.45) is 18.0. The van der Waals surface area contributed by atoms with Gasteiger partial charge >= 0.3 is 0 Å². The fraction of sp³-hybridized carbons (Fsp3) is 0.229. The topological polar surface area (TPSA) is 6.48 Å². The Hall–Kier alpha value is -6.98. The standard InChI is InChI=1S/C70H68N2S2/c1-3-5-7-9-11-25-35-61-45-53-47-63-65(49-67(53)73-61)70(52-39-43-60(44-40-52)72(57-31-21-15-22-32-57)58-33-23-16-24-34-58)64-48-54-46-62(36-26-12-10-8-6-4-2)74-68(54)50-66(64)69(63)51-37-41-59(42-38-51)71(55-27-17-13-18-28-55)56-29-19-14-20-30-56/h13-24,27-34,37-50H,3-12,25-26,35-36H2,1-2H3. The Balaban J connectivity index is 1.10. The van der Waals surface area contributed by atoms with Crippen molar-refractivity contribution >= 4 is 98.5 Å². The van der Waals surface area contributed by atoms with Crippen molar-refractivity contribution in [2.75, 3.05) is 9.80 Å². The maximum absolute atomic E-state index is 2.55. The average molecular weight is 1000 g/mol. The van der Waals surface area contributed by atoms with Crippen molar-refractivity contribution in [2.24, 2.45) is 0 Å². The van der Waals surface area contributed by atoms with Crippen LogP contribution >= 0.6 is 22.7 Å². The molecule has 0 saturated carbocycles. The predicted octanol–water partition coefficient (Wildman–Crippen LogP) is 22.5. The molecule has 0 atom stereocenters. The molecule has 74 heavy (non-hydrogen) atoms. The number of para-hydroxylation sites is 4. The zero-order valence-corrected chi connectivity index (χ0v) is 44.9. The van der Waals surface area contributed by atoms with E-state index in [1.165, 1.54) is 151 Å². The van der Waals surface area contributed by atoms with Crippen LogP contribution in [0.2, 0.25) is 0 Å². The Morgan fingerprint density at radius 3 is 0.932 bits per heavy atom. The molecule has 0 N–H and O–H groups in total. The molecule has 2 aromatic heterocycles. The van der Waals surface area contributed by atoms with E-state index in [4.69, 9.17) is 0 Å². The first-order chi connectivity index (χ1) is 36.6. The minimum Gasteiger partial charge on any atom is -0.311 e. The zero-order chi connectivity index (χ0) is 50.1. The number of hydrogen-bond donors (Lipinski definition) is 0. The number of anilines is 6. The highest BCUT2D eigenvalue weighted by molar-refractivity contribution is 7.19. The van der Waals surface area contributed by atoms with Crippen molar-refractivity contribution < 1.29 is 0 Å². The number of aryl methyl sites for hydroxylation is 2. The van der Waals surface area contributed by atoms with Crippen molar-refractivity contribution in [3.05, 3.63) is 216 Å². The van der Waals surface area contributed by atoms with Crippen LogP contribution in [0.15, 0.2) is 206 Å². The van der Waals surface area contributed by atoms with Gasteiger partial charge in [-0.2, -0.15) is 0 Å². The molecule has 0 unspecified atom stereocenters. The predicted molar refractivity (Wildman–Crippen MR) is 327 cm³/mol. The molecule has 0 bridgehead atoms. The van der Waals surface area contributed by atoms with Gasteiger partial charge in [-0.1, -0.05) is 175 Å². The molecule has 4 heteroatoms. The normalized spacial score (nSPS) is 11.6. The van der Waals surface area contributed by atoms with Gasteiger partial charge in [0.15, 0.2) is 0 Å². The van der Waals surface area contributed by atoms with Crippen LogP contribution in [0.4, 0.5) is 34.1 Å². The second-order valence-electron chi connectivity index (χ2n) is 20.2. The van der Waals surface area contributed by atoms with E-state index in [1.807, 2.05) is 22.7 Å². The van der Waals surface area contributed by atoms with Gasteiger partial charge in [0.25, 0.3) is 0 Å². The third-order valence-electron chi connectivity index (χ3n) is 14.9. The largest absolute Gasteiger partial charge is 0.311 e. The molecule has 11 aromatic rings. The molecule has 0 radical (unpaired) electrons. The maximum atomic E-state index is 2.55. The van der Waals surface area contributed by atoms with Crippen LogP contribution in [0.3, 0.4) is 0 Å². The van der Waals surface area contributed by atoms with Gasteiger partial charge in [-0.15, -0.1) is 22.7 Å². The van der Waals surface area contributed by atoms with Gasteiger partial charge in [-0.05, 0) is 189 Å². The van der Waals surface area contributed by atoms with Crippen molar-refractivity contribution in [2.45, 2.75) is 104 Å². The Bertz CT molecular complexity index is 3150. The van der Waals surface area contributed by atoms with Gasteiger partial charge in [0, 0.05) is 53.3 Å². The molecule has 0 saturated heterocycles. The molecule has 2 heterocycles. The monoisotopic (exact) mass is 1000 g/mol. The van der Waals surface area contributed by atoms with Gasteiger partial charge < -0.3 is 9.80 Å². The highest BCUT2D eigenvalue weighted by atomic mass is 32.1. The lowest BCUT2D eigenvalue weighted by Crippen LogP contribution is -2.09. The molecule has 0 fully saturated rings. The summed E-state index contributed by atoms with van der Waals surface area (Å²) in [5, 5.41) is 7.93. The van der Waals surface area contributed by atoms with E-state index in [1.54, 1.807) is 0 Å². The van der Waals surface area contributed by atoms with E-state index < -0.39 is 0 Å². The third kappa shape index (κ3) is 10.8. The molecule has 0 aliphatic heterocycles. The fourth-order valence-corrected chi connectivity index (χ4v) is 13.4. The van der Waals surface area contributed by atoms with Gasteiger partial charge in [-0.25, -0.2) is 0 Å². The SMILES string of the molecule is CCCCCCCCc1cc2cc3c(-c4ccc(N(c5ccccc5)c5ccccc5)cc4)c4cc5sc(CCCCCCCC)cc5cc4c(-c4ccc(N(c5ccccc5)c5ccccc5)cc4)c3cc2s1. The van der Waals surface area contributed by atoms with Gasteiger partial charge in [-0.3, -0.25) is 0 Å². The second kappa shape index (κ2) is 23.5. The molecule has 0 aliphatic rings. The molecule has 0 amide bonds. The second-order valence-corrected chi connectivity index (χ2v) is 22.5.